The van der Waals surface area contributed by atoms with Crippen molar-refractivity contribution in [1.29, 1.82) is 0 Å². The number of carbonyl (C=O) groups excluding carboxylic acids is 1. The highest BCUT2D eigenvalue weighted by molar-refractivity contribution is 6.45. The van der Waals surface area contributed by atoms with Gasteiger partial charge in [0.05, 0.1) is 20.1 Å². The van der Waals surface area contributed by atoms with E-state index in [-0.39, 0.29) is 25.0 Å². The average Bonchev–Trinajstić information content (AvgIpc) is 2.50. The number of benzene rings is 1. The van der Waals surface area contributed by atoms with Gasteiger partial charge in [-0.15, -0.1) is 0 Å². The first kappa shape index (κ1) is 22.3. The molecule has 1 atom stereocenters. The molecular formula is C18H31BN2O5. The molecule has 8 heteroatoms. The Bertz CT molecular complexity index is 575. The minimum atomic E-state index is -0.760. The number of aliphatic hydroxyl groups is 1. The molecule has 0 aliphatic heterocycles. The second-order valence-electron chi connectivity index (χ2n) is 7.21. The summed E-state index contributed by atoms with van der Waals surface area (Å²) >= 11 is 0. The van der Waals surface area contributed by atoms with Gasteiger partial charge in [0.2, 0.25) is 0 Å². The highest BCUT2D eigenvalue weighted by atomic mass is 16.6. The molecule has 0 fully saturated rings. The smallest absolute Gasteiger partial charge is 0.373 e. The maximum Gasteiger partial charge on any atom is 0.373 e. The van der Waals surface area contributed by atoms with Crippen LogP contribution in [0.4, 0.5) is 5.69 Å². The molecule has 1 rings (SSSR count). The van der Waals surface area contributed by atoms with Crippen LogP contribution < -0.4 is 15.3 Å². The van der Waals surface area contributed by atoms with Crippen LogP contribution in [-0.4, -0.2) is 55.1 Å². The lowest BCUT2D eigenvalue weighted by Gasteiger charge is -2.24. The van der Waals surface area contributed by atoms with E-state index in [0.29, 0.717) is 18.7 Å². The zero-order chi connectivity index (χ0) is 19.7. The zero-order valence-corrected chi connectivity index (χ0v) is 16.3. The van der Waals surface area contributed by atoms with Crippen LogP contribution in [0.3, 0.4) is 0 Å². The number of aliphatic hydroxyl groups excluding tert-OH is 1. The van der Waals surface area contributed by atoms with Gasteiger partial charge in [-0.3, -0.25) is 4.79 Å². The number of hydrogen-bond donors (Lipinski definition) is 4. The summed E-state index contributed by atoms with van der Waals surface area (Å²) in [5.74, 6) is 0.366. The van der Waals surface area contributed by atoms with Crippen LogP contribution in [-0.2, 0) is 16.0 Å². The van der Waals surface area contributed by atoms with Crippen molar-refractivity contribution in [3.05, 3.63) is 23.8 Å². The van der Waals surface area contributed by atoms with Crippen LogP contribution in [0.25, 0.3) is 0 Å². The molecule has 0 spiro atoms. The van der Waals surface area contributed by atoms with Gasteiger partial charge in [-0.25, -0.2) is 0 Å². The first-order chi connectivity index (χ1) is 12.1. The first-order valence-corrected chi connectivity index (χ1v) is 8.82. The number of methoxy groups -OCH3 is 1. The van der Waals surface area contributed by atoms with E-state index in [1.807, 2.05) is 39.0 Å². The van der Waals surface area contributed by atoms with Crippen molar-refractivity contribution in [2.24, 2.45) is 0 Å². The molecule has 26 heavy (non-hydrogen) atoms. The molecule has 0 heterocycles. The number of rotatable bonds is 10. The Balaban J connectivity index is 2.93. The predicted octanol–water partition coefficient (Wildman–Crippen LogP) is 1.44. The number of esters is 1. The van der Waals surface area contributed by atoms with E-state index in [2.05, 4.69) is 10.5 Å². The SMILES string of the molecule is COc1ccc(NCCO)cc1C[C@@H](CC(=O)OC(C)(C)C)NB(C)O. The van der Waals surface area contributed by atoms with Gasteiger partial charge in [0.25, 0.3) is 0 Å². The monoisotopic (exact) mass is 366 g/mol. The van der Waals surface area contributed by atoms with E-state index >= 15 is 0 Å². The normalized spacial score (nSPS) is 12.4. The molecule has 0 saturated carbocycles. The Kier molecular flexibility index (Phi) is 8.91. The predicted molar refractivity (Wildman–Crippen MR) is 103 cm³/mol. The second-order valence-corrected chi connectivity index (χ2v) is 7.21. The second kappa shape index (κ2) is 10.4. The maximum absolute atomic E-state index is 12.2. The van der Waals surface area contributed by atoms with Crippen molar-refractivity contribution in [2.45, 2.75) is 52.1 Å². The molecule has 0 aliphatic carbocycles. The fraction of sp³-hybridized carbons (Fsp3) is 0.611. The molecule has 0 bridgehead atoms. The van der Waals surface area contributed by atoms with Crippen molar-refractivity contribution >= 4 is 18.7 Å². The van der Waals surface area contributed by atoms with Crippen molar-refractivity contribution < 1.29 is 24.4 Å². The summed E-state index contributed by atoms with van der Waals surface area (Å²) in [5, 5.41) is 24.8. The average molecular weight is 366 g/mol. The largest absolute Gasteiger partial charge is 0.496 e. The Labute approximate surface area is 156 Å². The summed E-state index contributed by atoms with van der Waals surface area (Å²) in [7, 11) is 0.828. The van der Waals surface area contributed by atoms with Crippen LogP contribution in [0.1, 0.15) is 32.8 Å². The van der Waals surface area contributed by atoms with Crippen molar-refractivity contribution in [3.63, 3.8) is 0 Å². The number of carbonyl (C=O) groups is 1. The third kappa shape index (κ3) is 8.55. The van der Waals surface area contributed by atoms with Crippen LogP contribution in [0.2, 0.25) is 6.82 Å². The van der Waals surface area contributed by atoms with Crippen LogP contribution in [0.5, 0.6) is 5.75 Å². The number of nitrogens with one attached hydrogen (secondary N) is 2. The van der Waals surface area contributed by atoms with E-state index in [1.54, 1.807) is 13.9 Å². The van der Waals surface area contributed by atoms with Gasteiger partial charge in [-0.05, 0) is 57.8 Å². The lowest BCUT2D eigenvalue weighted by atomic mass is 9.85. The van der Waals surface area contributed by atoms with Gasteiger partial charge in [-0.1, -0.05) is 0 Å². The van der Waals surface area contributed by atoms with E-state index in [4.69, 9.17) is 14.6 Å². The Morgan fingerprint density at radius 2 is 2.04 bits per heavy atom. The standard InChI is InChI=1S/C18H31BN2O5/c1-18(2,3)26-17(23)12-15(21-19(4)24)11-13-10-14(20-8-9-22)6-7-16(13)25-5/h6-7,10,15,20-22,24H,8-9,11-12H2,1-5H3/t15-/m0/s1. The Hall–Kier alpha value is -1.77. The van der Waals surface area contributed by atoms with Gasteiger partial charge in [0.1, 0.15) is 11.4 Å². The van der Waals surface area contributed by atoms with Crippen LogP contribution in [0.15, 0.2) is 18.2 Å². The minimum Gasteiger partial charge on any atom is -0.496 e. The third-order valence-electron chi connectivity index (χ3n) is 3.50. The summed E-state index contributed by atoms with van der Waals surface area (Å²) in [6.45, 7) is 7.55. The molecular weight excluding hydrogens is 335 g/mol. The molecule has 0 saturated heterocycles. The third-order valence-corrected chi connectivity index (χ3v) is 3.50. The van der Waals surface area contributed by atoms with E-state index in [1.165, 1.54) is 0 Å². The lowest BCUT2D eigenvalue weighted by Crippen LogP contribution is -2.43. The first-order valence-electron chi connectivity index (χ1n) is 8.82. The van der Waals surface area contributed by atoms with E-state index in [9.17, 15) is 9.82 Å². The van der Waals surface area contributed by atoms with Gasteiger partial charge < -0.3 is 30.1 Å². The molecule has 1 aromatic rings. The summed E-state index contributed by atoms with van der Waals surface area (Å²) in [6.07, 6.45) is 0.599. The molecule has 0 radical (unpaired) electrons. The van der Waals surface area contributed by atoms with Gasteiger partial charge in [0, 0.05) is 18.3 Å². The fourth-order valence-electron chi connectivity index (χ4n) is 2.63. The quantitative estimate of drug-likeness (QED) is 0.367. The molecule has 4 N–H and O–H groups in total. The molecule has 1 aromatic carbocycles. The van der Waals surface area contributed by atoms with Crippen LogP contribution >= 0.6 is 0 Å². The molecule has 7 nitrogen and oxygen atoms in total. The molecule has 146 valence electrons. The minimum absolute atomic E-state index is 0.0339. The highest BCUT2D eigenvalue weighted by Gasteiger charge is 2.23. The molecule has 0 aromatic heterocycles. The number of hydrogen-bond acceptors (Lipinski definition) is 7. The van der Waals surface area contributed by atoms with Crippen molar-refractivity contribution in [3.8, 4) is 5.75 Å². The summed E-state index contributed by atoms with van der Waals surface area (Å²) in [5.41, 5.74) is 1.18. The molecule has 0 unspecified atom stereocenters. The summed E-state index contributed by atoms with van der Waals surface area (Å²) < 4.78 is 10.8. The van der Waals surface area contributed by atoms with Crippen molar-refractivity contribution in [1.82, 2.24) is 5.23 Å². The maximum atomic E-state index is 12.2. The zero-order valence-electron chi connectivity index (χ0n) is 16.3. The number of anilines is 1. The lowest BCUT2D eigenvalue weighted by molar-refractivity contribution is -0.155. The van der Waals surface area contributed by atoms with E-state index < -0.39 is 12.7 Å². The van der Waals surface area contributed by atoms with Gasteiger partial charge in [0.15, 0.2) is 0 Å². The Morgan fingerprint density at radius 1 is 1.35 bits per heavy atom. The van der Waals surface area contributed by atoms with E-state index in [0.717, 1.165) is 11.3 Å². The topological polar surface area (TPSA) is 100 Å². The van der Waals surface area contributed by atoms with Crippen LogP contribution in [0, 0.1) is 0 Å². The highest BCUT2D eigenvalue weighted by Crippen LogP contribution is 2.25. The Morgan fingerprint density at radius 3 is 2.58 bits per heavy atom. The van der Waals surface area contributed by atoms with Gasteiger partial charge >= 0.3 is 13.0 Å². The summed E-state index contributed by atoms with van der Waals surface area (Å²) in [4.78, 5) is 12.2. The van der Waals surface area contributed by atoms with Gasteiger partial charge in [-0.2, -0.15) is 0 Å². The molecule has 0 amide bonds. The number of ether oxygens (including phenoxy) is 2. The molecule has 0 aliphatic rings. The summed E-state index contributed by atoms with van der Waals surface area (Å²) in [6, 6.07) is 5.30. The fourth-order valence-corrected chi connectivity index (χ4v) is 2.63. The van der Waals surface area contributed by atoms with Crippen molar-refractivity contribution in [2.75, 3.05) is 25.6 Å².